The fraction of sp³-hybridized carbons (Fsp3) is 0.571. The average Bonchev–Trinajstić information content (AvgIpc) is 2.38. The van der Waals surface area contributed by atoms with Crippen molar-refractivity contribution >= 4 is 10.0 Å². The number of benzene rings is 1. The second kappa shape index (κ2) is 7.61. The van der Waals surface area contributed by atoms with Crippen molar-refractivity contribution in [3.05, 3.63) is 29.8 Å². The van der Waals surface area contributed by atoms with Crippen molar-refractivity contribution in [2.45, 2.75) is 20.0 Å². The van der Waals surface area contributed by atoms with Gasteiger partial charge in [0.1, 0.15) is 5.75 Å². The number of methoxy groups -OCH3 is 2. The number of hydrogen-bond acceptors (Lipinski definition) is 4. The van der Waals surface area contributed by atoms with Gasteiger partial charge in [-0.05, 0) is 23.6 Å². The minimum Gasteiger partial charge on any atom is -0.497 e. The first-order valence-electron chi connectivity index (χ1n) is 6.52. The summed E-state index contributed by atoms with van der Waals surface area (Å²) in [5.41, 5.74) is 0.874. The Balaban J connectivity index is 2.72. The summed E-state index contributed by atoms with van der Waals surface area (Å²) >= 11 is 0. The molecule has 0 fully saturated rings. The Bertz CT molecular complexity index is 514. The second-order valence-corrected chi connectivity index (χ2v) is 6.88. The van der Waals surface area contributed by atoms with Crippen molar-refractivity contribution in [3.8, 4) is 5.75 Å². The highest BCUT2D eigenvalue weighted by Gasteiger charge is 2.17. The van der Waals surface area contributed by atoms with E-state index >= 15 is 0 Å². The minimum atomic E-state index is -3.27. The van der Waals surface area contributed by atoms with E-state index in [1.807, 2.05) is 38.1 Å². The summed E-state index contributed by atoms with van der Waals surface area (Å²) in [6.07, 6.45) is -0.341. The van der Waals surface area contributed by atoms with Crippen LogP contribution in [0.3, 0.4) is 0 Å². The summed E-state index contributed by atoms with van der Waals surface area (Å²) in [6, 6.07) is 7.40. The molecule has 0 saturated carbocycles. The van der Waals surface area contributed by atoms with Gasteiger partial charge in [0.15, 0.2) is 0 Å². The average molecular weight is 301 g/mol. The molecule has 0 saturated heterocycles. The van der Waals surface area contributed by atoms with Crippen LogP contribution in [0, 0.1) is 5.92 Å². The van der Waals surface area contributed by atoms with Gasteiger partial charge in [0.05, 0.1) is 19.0 Å². The lowest BCUT2D eigenvalue weighted by molar-refractivity contribution is 0.107. The molecule has 0 aliphatic heterocycles. The highest BCUT2D eigenvalue weighted by Crippen LogP contribution is 2.21. The molecule has 0 spiro atoms. The topological polar surface area (TPSA) is 64.6 Å². The molecule has 114 valence electrons. The van der Waals surface area contributed by atoms with E-state index in [2.05, 4.69) is 4.72 Å². The number of ether oxygens (including phenoxy) is 2. The van der Waals surface area contributed by atoms with Gasteiger partial charge in [-0.25, -0.2) is 13.1 Å². The maximum Gasteiger partial charge on any atom is 0.211 e. The Labute approximate surface area is 121 Å². The standard InChI is InChI=1S/C14H23NO4S/c1-11(2)10-20(16,17)15-9-14(19-4)12-6-5-7-13(8-12)18-3/h5-8,11,14-15H,9-10H2,1-4H3. The van der Waals surface area contributed by atoms with Crippen molar-refractivity contribution in [3.63, 3.8) is 0 Å². The van der Waals surface area contributed by atoms with Crippen LogP contribution < -0.4 is 9.46 Å². The molecule has 1 aromatic rings. The van der Waals surface area contributed by atoms with Gasteiger partial charge < -0.3 is 9.47 Å². The lowest BCUT2D eigenvalue weighted by atomic mass is 10.1. The Morgan fingerprint density at radius 2 is 1.95 bits per heavy atom. The lowest BCUT2D eigenvalue weighted by Crippen LogP contribution is -2.32. The number of hydrogen-bond donors (Lipinski definition) is 1. The lowest BCUT2D eigenvalue weighted by Gasteiger charge is -2.17. The van der Waals surface area contributed by atoms with Crippen LogP contribution in [0.1, 0.15) is 25.5 Å². The van der Waals surface area contributed by atoms with Gasteiger partial charge >= 0.3 is 0 Å². The largest absolute Gasteiger partial charge is 0.497 e. The molecule has 0 radical (unpaired) electrons. The van der Waals surface area contributed by atoms with Gasteiger partial charge in [-0.1, -0.05) is 26.0 Å². The number of rotatable bonds is 8. The van der Waals surface area contributed by atoms with Gasteiger partial charge in [0.2, 0.25) is 10.0 Å². The van der Waals surface area contributed by atoms with Crippen molar-refractivity contribution in [2.24, 2.45) is 5.92 Å². The normalized spacial score (nSPS) is 13.4. The Morgan fingerprint density at radius 1 is 1.25 bits per heavy atom. The molecule has 1 rings (SSSR count). The zero-order chi connectivity index (χ0) is 15.2. The molecule has 0 aromatic heterocycles. The van der Waals surface area contributed by atoms with Gasteiger partial charge in [0, 0.05) is 13.7 Å². The predicted molar refractivity (Wildman–Crippen MR) is 79.4 cm³/mol. The van der Waals surface area contributed by atoms with Gasteiger partial charge in [0.25, 0.3) is 0 Å². The Morgan fingerprint density at radius 3 is 2.50 bits per heavy atom. The molecular formula is C14H23NO4S. The molecule has 5 nitrogen and oxygen atoms in total. The van der Waals surface area contributed by atoms with Crippen LogP contribution in [0.4, 0.5) is 0 Å². The van der Waals surface area contributed by atoms with Crippen LogP contribution in [0.2, 0.25) is 0 Å². The summed E-state index contributed by atoms with van der Waals surface area (Å²) in [5, 5.41) is 0. The van der Waals surface area contributed by atoms with Crippen LogP contribution in [0.25, 0.3) is 0 Å². The minimum absolute atomic E-state index is 0.0883. The zero-order valence-corrected chi connectivity index (χ0v) is 13.2. The summed E-state index contributed by atoms with van der Waals surface area (Å²) in [4.78, 5) is 0. The fourth-order valence-corrected chi connectivity index (χ4v) is 3.28. The molecule has 0 aliphatic rings. The third kappa shape index (κ3) is 5.48. The third-order valence-corrected chi connectivity index (χ3v) is 4.50. The van der Waals surface area contributed by atoms with E-state index in [4.69, 9.17) is 9.47 Å². The van der Waals surface area contributed by atoms with Crippen LogP contribution in [-0.4, -0.2) is 34.9 Å². The van der Waals surface area contributed by atoms with E-state index in [0.717, 1.165) is 11.3 Å². The van der Waals surface area contributed by atoms with Gasteiger partial charge in [-0.15, -0.1) is 0 Å². The van der Waals surface area contributed by atoms with E-state index in [1.165, 1.54) is 0 Å². The smallest absolute Gasteiger partial charge is 0.211 e. The fourth-order valence-electron chi connectivity index (χ4n) is 1.88. The van der Waals surface area contributed by atoms with E-state index in [0.29, 0.717) is 0 Å². The first kappa shape index (κ1) is 16.9. The van der Waals surface area contributed by atoms with Crippen LogP contribution in [0.5, 0.6) is 5.75 Å². The summed E-state index contributed by atoms with van der Waals surface area (Å²) in [6.45, 7) is 3.95. The molecule has 0 aliphatic carbocycles. The second-order valence-electron chi connectivity index (χ2n) is 5.02. The van der Waals surface area contributed by atoms with Gasteiger partial charge in [-0.3, -0.25) is 0 Å². The molecule has 1 N–H and O–H groups in total. The highest BCUT2D eigenvalue weighted by molar-refractivity contribution is 7.89. The van der Waals surface area contributed by atoms with E-state index in [9.17, 15) is 8.42 Å². The molecule has 1 atom stereocenters. The summed E-state index contributed by atoms with van der Waals surface area (Å²) < 4.78 is 36.7. The van der Waals surface area contributed by atoms with Crippen molar-refractivity contribution in [1.29, 1.82) is 0 Å². The van der Waals surface area contributed by atoms with Crippen molar-refractivity contribution in [2.75, 3.05) is 26.5 Å². The zero-order valence-electron chi connectivity index (χ0n) is 12.4. The van der Waals surface area contributed by atoms with Crippen molar-refractivity contribution in [1.82, 2.24) is 4.72 Å². The van der Waals surface area contributed by atoms with E-state index in [1.54, 1.807) is 14.2 Å². The molecule has 20 heavy (non-hydrogen) atoms. The highest BCUT2D eigenvalue weighted by atomic mass is 32.2. The first-order valence-corrected chi connectivity index (χ1v) is 8.17. The van der Waals surface area contributed by atoms with Crippen LogP contribution >= 0.6 is 0 Å². The van der Waals surface area contributed by atoms with E-state index in [-0.39, 0.29) is 24.3 Å². The summed E-state index contributed by atoms with van der Waals surface area (Å²) in [7, 11) is -0.125. The number of sulfonamides is 1. The van der Waals surface area contributed by atoms with Crippen molar-refractivity contribution < 1.29 is 17.9 Å². The Kier molecular flexibility index (Phi) is 6.45. The maximum atomic E-state index is 11.8. The quantitative estimate of drug-likeness (QED) is 0.797. The summed E-state index contributed by atoms with van der Waals surface area (Å²) in [5.74, 6) is 0.918. The van der Waals surface area contributed by atoms with Gasteiger partial charge in [-0.2, -0.15) is 0 Å². The third-order valence-electron chi connectivity index (χ3n) is 2.79. The molecule has 0 heterocycles. The van der Waals surface area contributed by atoms with Crippen LogP contribution in [0.15, 0.2) is 24.3 Å². The SMILES string of the molecule is COc1cccc(C(CNS(=O)(=O)CC(C)C)OC)c1. The maximum absolute atomic E-state index is 11.8. The first-order chi connectivity index (χ1) is 9.38. The molecular weight excluding hydrogens is 278 g/mol. The number of nitrogens with one attached hydrogen (secondary N) is 1. The van der Waals surface area contributed by atoms with E-state index < -0.39 is 10.0 Å². The molecule has 1 aromatic carbocycles. The van der Waals surface area contributed by atoms with Crippen LogP contribution in [-0.2, 0) is 14.8 Å². The monoisotopic (exact) mass is 301 g/mol. The Hall–Kier alpha value is -1.11. The molecule has 0 amide bonds. The molecule has 0 bridgehead atoms. The predicted octanol–water partition coefficient (Wildman–Crippen LogP) is 1.96. The molecule has 6 heteroatoms. The molecule has 1 unspecified atom stereocenters.